The van der Waals surface area contributed by atoms with Gasteiger partial charge in [0.15, 0.2) is 0 Å². The molecular formula is C22H37N3O6. The van der Waals surface area contributed by atoms with Crippen molar-refractivity contribution in [3.05, 3.63) is 12.2 Å². The van der Waals surface area contributed by atoms with Gasteiger partial charge in [-0.15, -0.1) is 0 Å². The van der Waals surface area contributed by atoms with Gasteiger partial charge >= 0.3 is 18.2 Å². The van der Waals surface area contributed by atoms with Gasteiger partial charge in [0, 0.05) is 18.2 Å². The Bertz CT molecular complexity index is 703. The highest BCUT2D eigenvalue weighted by Gasteiger charge is 2.42. The lowest BCUT2D eigenvalue weighted by Gasteiger charge is -2.46. The second-order valence-electron chi connectivity index (χ2n) is 9.37. The van der Waals surface area contributed by atoms with Crippen LogP contribution in [0, 0.1) is 10.8 Å². The predicted octanol–water partition coefficient (Wildman–Crippen LogP) is 3.93. The van der Waals surface area contributed by atoms with Crippen LogP contribution in [0.5, 0.6) is 0 Å². The summed E-state index contributed by atoms with van der Waals surface area (Å²) in [5, 5.41) is 9.46. The van der Waals surface area contributed by atoms with Crippen LogP contribution in [0.25, 0.3) is 0 Å². The van der Waals surface area contributed by atoms with Gasteiger partial charge in [-0.3, -0.25) is 4.84 Å². The number of nitrogens with zero attached hydrogens (tertiary/aromatic N) is 1. The van der Waals surface area contributed by atoms with Crippen molar-refractivity contribution in [3.63, 3.8) is 0 Å². The topological polar surface area (TPSA) is 115 Å². The third-order valence-electron chi connectivity index (χ3n) is 5.12. The molecule has 9 nitrogen and oxygen atoms in total. The van der Waals surface area contributed by atoms with Gasteiger partial charge in [-0.1, -0.05) is 39.4 Å². The van der Waals surface area contributed by atoms with E-state index in [4.69, 9.17) is 14.3 Å². The molecule has 1 rings (SSSR count). The van der Waals surface area contributed by atoms with Crippen LogP contribution in [-0.2, 0) is 19.1 Å². The zero-order chi connectivity index (χ0) is 23.7. The molecular weight excluding hydrogens is 402 g/mol. The monoisotopic (exact) mass is 439 g/mol. The molecule has 0 aliphatic heterocycles. The normalized spacial score (nSPS) is 22.8. The van der Waals surface area contributed by atoms with E-state index in [2.05, 4.69) is 43.1 Å². The molecule has 1 fully saturated rings. The number of oxime groups is 1. The molecule has 2 N–H and O–H groups in total. The molecule has 9 heteroatoms. The number of carbonyl (C=O) groups is 3. The summed E-state index contributed by atoms with van der Waals surface area (Å²) in [5.74, 6) is -0.520. The predicted molar refractivity (Wildman–Crippen MR) is 118 cm³/mol. The molecule has 2 atom stereocenters. The van der Waals surface area contributed by atoms with Crippen LogP contribution in [0.3, 0.4) is 0 Å². The van der Waals surface area contributed by atoms with E-state index < -0.39 is 18.2 Å². The fourth-order valence-corrected chi connectivity index (χ4v) is 3.98. The number of esters is 1. The largest absolute Gasteiger partial charge is 0.459 e. The maximum absolute atomic E-state index is 12.1. The van der Waals surface area contributed by atoms with Crippen molar-refractivity contribution in [3.8, 4) is 0 Å². The zero-order valence-corrected chi connectivity index (χ0v) is 19.6. The van der Waals surface area contributed by atoms with Crippen molar-refractivity contribution in [2.75, 3.05) is 19.8 Å². The van der Waals surface area contributed by atoms with Crippen LogP contribution < -0.4 is 10.6 Å². The van der Waals surface area contributed by atoms with Gasteiger partial charge < -0.3 is 20.1 Å². The fraction of sp³-hybridized carbons (Fsp3) is 0.727. The van der Waals surface area contributed by atoms with Gasteiger partial charge in [-0.05, 0) is 50.4 Å². The number of amides is 2. The van der Waals surface area contributed by atoms with Crippen LogP contribution >= 0.6 is 0 Å². The Morgan fingerprint density at radius 3 is 2.32 bits per heavy atom. The minimum Gasteiger partial charge on any atom is -0.459 e. The molecule has 0 radical (unpaired) electrons. The average molecular weight is 440 g/mol. The van der Waals surface area contributed by atoms with Gasteiger partial charge in [0.2, 0.25) is 0 Å². The number of nitrogens with one attached hydrogen (secondary N) is 2. The first-order valence-electron chi connectivity index (χ1n) is 10.6. The van der Waals surface area contributed by atoms with Crippen molar-refractivity contribution in [1.82, 2.24) is 10.6 Å². The summed E-state index contributed by atoms with van der Waals surface area (Å²) >= 11 is 0. The lowest BCUT2D eigenvalue weighted by atomic mass is 9.62. The van der Waals surface area contributed by atoms with Gasteiger partial charge in [-0.2, -0.15) is 0 Å². The van der Waals surface area contributed by atoms with E-state index in [1.807, 2.05) is 6.92 Å². The summed E-state index contributed by atoms with van der Waals surface area (Å²) in [6.45, 7) is 15.4. The van der Waals surface area contributed by atoms with Crippen molar-refractivity contribution in [2.45, 2.75) is 73.3 Å². The van der Waals surface area contributed by atoms with Crippen LogP contribution in [0.2, 0.25) is 0 Å². The quantitative estimate of drug-likeness (QED) is 0.140. The Labute approximate surface area is 184 Å². The third kappa shape index (κ3) is 10.3. The summed E-state index contributed by atoms with van der Waals surface area (Å²) in [6, 6.07) is -0.0993. The van der Waals surface area contributed by atoms with Gasteiger partial charge in [0.05, 0.1) is 5.71 Å². The summed E-state index contributed by atoms with van der Waals surface area (Å²) in [6.07, 6.45) is 1.90. The third-order valence-corrected chi connectivity index (χ3v) is 5.12. The number of rotatable bonds is 9. The molecule has 1 aliphatic rings. The van der Waals surface area contributed by atoms with Crippen molar-refractivity contribution in [2.24, 2.45) is 16.0 Å². The van der Waals surface area contributed by atoms with Crippen LogP contribution in [0.15, 0.2) is 17.3 Å². The van der Waals surface area contributed by atoms with Gasteiger partial charge in [-0.25, -0.2) is 14.4 Å². The van der Waals surface area contributed by atoms with E-state index >= 15 is 0 Å². The van der Waals surface area contributed by atoms with E-state index in [0.717, 1.165) is 18.6 Å². The highest BCUT2D eigenvalue weighted by Crippen LogP contribution is 2.45. The van der Waals surface area contributed by atoms with E-state index in [-0.39, 0.29) is 35.7 Å². The van der Waals surface area contributed by atoms with Crippen LogP contribution in [0.4, 0.5) is 9.59 Å². The van der Waals surface area contributed by atoms with Crippen molar-refractivity contribution in [1.29, 1.82) is 0 Å². The molecule has 2 unspecified atom stereocenters. The van der Waals surface area contributed by atoms with Crippen molar-refractivity contribution < 1.29 is 28.7 Å². The zero-order valence-electron chi connectivity index (χ0n) is 19.6. The standard InChI is InChI=1S/C22H37N3O6/c1-8-16(4)25-31-20(28)24-17-11-21(5,6)13-22(7,12-17)14-23-19(27)30-10-9-29-18(26)15(2)3/h17H,2,8-14H2,1,3-7H3,(H,23,27)(H,24,28)/b25-16-. The second-order valence-corrected chi connectivity index (χ2v) is 9.37. The van der Waals surface area contributed by atoms with Gasteiger partial charge in [0.25, 0.3) is 0 Å². The van der Waals surface area contributed by atoms with E-state index in [9.17, 15) is 14.4 Å². The maximum Gasteiger partial charge on any atom is 0.433 e. The summed E-state index contributed by atoms with van der Waals surface area (Å²) < 4.78 is 9.94. The number of hydrogen-bond acceptors (Lipinski definition) is 7. The molecule has 0 aromatic heterocycles. The molecule has 176 valence electrons. The lowest BCUT2D eigenvalue weighted by molar-refractivity contribution is -0.139. The summed E-state index contributed by atoms with van der Waals surface area (Å²) in [4.78, 5) is 40.3. The number of carbonyl (C=O) groups excluding carboxylic acids is 3. The Kier molecular flexibility index (Phi) is 10.00. The van der Waals surface area contributed by atoms with E-state index in [1.165, 1.54) is 0 Å². The summed E-state index contributed by atoms with van der Waals surface area (Å²) in [7, 11) is 0. The van der Waals surface area contributed by atoms with Gasteiger partial charge in [0.1, 0.15) is 13.2 Å². The minimum absolute atomic E-state index is 0.0303. The number of hydrogen-bond donors (Lipinski definition) is 2. The lowest BCUT2D eigenvalue weighted by Crippen LogP contribution is -2.50. The summed E-state index contributed by atoms with van der Waals surface area (Å²) in [5.41, 5.74) is 0.751. The maximum atomic E-state index is 12.1. The highest BCUT2D eigenvalue weighted by molar-refractivity contribution is 5.86. The first-order chi connectivity index (χ1) is 14.4. The van der Waals surface area contributed by atoms with Crippen molar-refractivity contribution >= 4 is 23.9 Å². The second kappa shape index (κ2) is 11.7. The van der Waals surface area contributed by atoms with Crippen LogP contribution in [0.1, 0.15) is 67.2 Å². The molecule has 0 spiro atoms. The molecule has 0 heterocycles. The first-order valence-corrected chi connectivity index (χ1v) is 10.6. The fourth-order valence-electron chi connectivity index (χ4n) is 3.98. The molecule has 0 aromatic carbocycles. The molecule has 0 aromatic rings. The van der Waals surface area contributed by atoms with E-state index in [0.29, 0.717) is 19.4 Å². The molecule has 0 bridgehead atoms. The highest BCUT2D eigenvalue weighted by atomic mass is 16.7. The average Bonchev–Trinajstić information content (AvgIpc) is 2.66. The first kappa shape index (κ1) is 26.5. The number of alkyl carbamates (subject to hydrolysis) is 1. The Hall–Kier alpha value is -2.58. The SMILES string of the molecule is C=C(C)C(=O)OCCOC(=O)NCC1(C)CC(NC(=O)O/N=C(/C)CC)CC(C)(C)C1. The number of ether oxygens (including phenoxy) is 2. The minimum atomic E-state index is -0.579. The Morgan fingerprint density at radius 1 is 1.06 bits per heavy atom. The van der Waals surface area contributed by atoms with Crippen LogP contribution in [-0.4, -0.2) is 49.7 Å². The molecule has 1 aliphatic carbocycles. The molecule has 1 saturated carbocycles. The Balaban J connectivity index is 2.52. The Morgan fingerprint density at radius 2 is 1.71 bits per heavy atom. The molecule has 2 amide bonds. The van der Waals surface area contributed by atoms with E-state index in [1.54, 1.807) is 13.8 Å². The smallest absolute Gasteiger partial charge is 0.433 e. The molecule has 31 heavy (non-hydrogen) atoms. The molecule has 0 saturated heterocycles.